The minimum absolute atomic E-state index is 0.0802. The van der Waals surface area contributed by atoms with Crippen molar-refractivity contribution in [2.75, 3.05) is 5.43 Å². The molecule has 0 atom stereocenters. The van der Waals surface area contributed by atoms with E-state index in [4.69, 9.17) is 5.11 Å². The molecule has 2 N–H and O–H groups in total. The summed E-state index contributed by atoms with van der Waals surface area (Å²) in [6.07, 6.45) is 1.85. The van der Waals surface area contributed by atoms with Gasteiger partial charge in [0.25, 0.3) is 0 Å². The first-order valence-electron chi connectivity index (χ1n) is 7.61. The zero-order valence-corrected chi connectivity index (χ0v) is 13.4. The predicted octanol–water partition coefficient (Wildman–Crippen LogP) is 3.52. The molecular weight excluding hydrogens is 323 g/mol. The number of carbonyl (C=O) groups excluding carboxylic acids is 1. The number of carboxylic acids is 1. The summed E-state index contributed by atoms with van der Waals surface area (Å²) in [4.78, 5) is 23.1. The SMILES string of the molecule is C/C(=N\Nc1ccc(C(=O)O)cc1)C1=Cc2cc(F)ccc2CC1=O. The van der Waals surface area contributed by atoms with Crippen molar-refractivity contribution >= 4 is 29.2 Å². The molecule has 0 spiro atoms. The first-order chi connectivity index (χ1) is 11.9. The largest absolute Gasteiger partial charge is 0.478 e. The van der Waals surface area contributed by atoms with E-state index in [0.29, 0.717) is 22.5 Å². The van der Waals surface area contributed by atoms with E-state index in [0.717, 1.165) is 5.56 Å². The van der Waals surface area contributed by atoms with Crippen LogP contribution in [0.4, 0.5) is 10.1 Å². The number of allylic oxidation sites excluding steroid dienone is 1. The minimum atomic E-state index is -1.00. The molecule has 0 amide bonds. The smallest absolute Gasteiger partial charge is 0.335 e. The molecule has 2 aromatic rings. The van der Waals surface area contributed by atoms with E-state index < -0.39 is 5.97 Å². The molecular formula is C19H15FN2O3. The summed E-state index contributed by atoms with van der Waals surface area (Å²) in [5.41, 5.74) is 5.93. The molecule has 0 aliphatic heterocycles. The average Bonchev–Trinajstić information content (AvgIpc) is 2.59. The van der Waals surface area contributed by atoms with E-state index >= 15 is 0 Å². The van der Waals surface area contributed by atoms with Crippen LogP contribution in [0.5, 0.6) is 0 Å². The van der Waals surface area contributed by atoms with Crippen LogP contribution in [0.15, 0.2) is 53.1 Å². The molecule has 0 fully saturated rings. The molecule has 2 aromatic carbocycles. The molecule has 0 saturated heterocycles. The van der Waals surface area contributed by atoms with E-state index in [2.05, 4.69) is 10.5 Å². The number of ketones is 1. The zero-order chi connectivity index (χ0) is 18.0. The van der Waals surface area contributed by atoms with Crippen LogP contribution in [0.2, 0.25) is 0 Å². The number of rotatable bonds is 4. The maximum Gasteiger partial charge on any atom is 0.335 e. The van der Waals surface area contributed by atoms with Gasteiger partial charge in [0.15, 0.2) is 5.78 Å². The van der Waals surface area contributed by atoms with Gasteiger partial charge in [-0.1, -0.05) is 6.07 Å². The molecule has 126 valence electrons. The van der Waals surface area contributed by atoms with E-state index in [1.165, 1.54) is 24.3 Å². The molecule has 0 unspecified atom stereocenters. The van der Waals surface area contributed by atoms with Crippen molar-refractivity contribution in [2.24, 2.45) is 5.10 Å². The minimum Gasteiger partial charge on any atom is -0.478 e. The van der Waals surface area contributed by atoms with Crippen molar-refractivity contribution in [1.82, 2.24) is 0 Å². The Hall–Kier alpha value is -3.28. The number of Topliss-reactive ketones (excluding diaryl/α,β-unsaturated/α-hetero) is 1. The summed E-state index contributed by atoms with van der Waals surface area (Å²) in [5, 5.41) is 13.0. The highest BCUT2D eigenvalue weighted by Crippen LogP contribution is 2.23. The number of hydrogen-bond donors (Lipinski definition) is 2. The van der Waals surface area contributed by atoms with E-state index in [9.17, 15) is 14.0 Å². The highest BCUT2D eigenvalue weighted by molar-refractivity contribution is 6.26. The van der Waals surface area contributed by atoms with Crippen LogP contribution in [0, 0.1) is 5.82 Å². The van der Waals surface area contributed by atoms with Gasteiger partial charge < -0.3 is 5.11 Å². The van der Waals surface area contributed by atoms with Crippen molar-refractivity contribution in [2.45, 2.75) is 13.3 Å². The highest BCUT2D eigenvalue weighted by atomic mass is 19.1. The fourth-order valence-corrected chi connectivity index (χ4v) is 2.57. The number of nitrogens with one attached hydrogen (secondary N) is 1. The molecule has 3 rings (SSSR count). The zero-order valence-electron chi connectivity index (χ0n) is 13.4. The second-order valence-electron chi connectivity index (χ2n) is 5.69. The number of aromatic carboxylic acids is 1. The summed E-state index contributed by atoms with van der Waals surface area (Å²) < 4.78 is 13.4. The van der Waals surface area contributed by atoms with E-state index in [-0.39, 0.29) is 23.6 Å². The standard InChI is InChI=1S/C19H15FN2O3/c1-11(21-22-16-6-3-12(4-7-16)19(24)25)17-9-14-8-15(20)5-2-13(14)10-18(17)23/h2-9,22H,10H2,1H3,(H,24,25)/b21-11+. The summed E-state index contributed by atoms with van der Waals surface area (Å²) in [5.74, 6) is -1.44. The Morgan fingerprint density at radius 3 is 2.60 bits per heavy atom. The number of fused-ring (bicyclic) bond motifs is 1. The van der Waals surface area contributed by atoms with Gasteiger partial charge in [-0.2, -0.15) is 5.10 Å². The van der Waals surface area contributed by atoms with E-state index in [1.54, 1.807) is 31.2 Å². The van der Waals surface area contributed by atoms with Crippen molar-refractivity contribution < 1.29 is 19.1 Å². The van der Waals surface area contributed by atoms with Crippen LogP contribution in [0.1, 0.15) is 28.4 Å². The van der Waals surface area contributed by atoms with Gasteiger partial charge >= 0.3 is 5.97 Å². The van der Waals surface area contributed by atoms with Crippen LogP contribution >= 0.6 is 0 Å². The Morgan fingerprint density at radius 2 is 1.92 bits per heavy atom. The van der Waals surface area contributed by atoms with Crippen LogP contribution in [-0.2, 0) is 11.2 Å². The van der Waals surface area contributed by atoms with Crippen LogP contribution in [-0.4, -0.2) is 22.6 Å². The molecule has 0 heterocycles. The predicted molar refractivity (Wildman–Crippen MR) is 93.2 cm³/mol. The monoisotopic (exact) mass is 338 g/mol. The van der Waals surface area contributed by atoms with Crippen molar-refractivity contribution in [3.8, 4) is 0 Å². The maximum absolute atomic E-state index is 13.4. The van der Waals surface area contributed by atoms with Gasteiger partial charge in [-0.05, 0) is 60.5 Å². The lowest BCUT2D eigenvalue weighted by atomic mass is 9.89. The van der Waals surface area contributed by atoms with Crippen molar-refractivity contribution in [1.29, 1.82) is 0 Å². The van der Waals surface area contributed by atoms with Gasteiger partial charge in [0.05, 0.1) is 17.0 Å². The van der Waals surface area contributed by atoms with Gasteiger partial charge in [-0.25, -0.2) is 9.18 Å². The highest BCUT2D eigenvalue weighted by Gasteiger charge is 2.20. The third-order valence-corrected chi connectivity index (χ3v) is 3.93. The topological polar surface area (TPSA) is 78.8 Å². The molecule has 25 heavy (non-hydrogen) atoms. The molecule has 0 radical (unpaired) electrons. The Labute approximate surface area is 143 Å². The average molecular weight is 338 g/mol. The second kappa shape index (κ2) is 6.68. The molecule has 1 aliphatic carbocycles. The van der Waals surface area contributed by atoms with Gasteiger partial charge in [-0.3, -0.25) is 10.2 Å². The normalized spacial score (nSPS) is 13.9. The quantitative estimate of drug-likeness (QED) is 0.660. The molecule has 0 aromatic heterocycles. The van der Waals surface area contributed by atoms with Crippen LogP contribution in [0.25, 0.3) is 6.08 Å². The number of anilines is 1. The first-order valence-corrected chi connectivity index (χ1v) is 7.61. The van der Waals surface area contributed by atoms with Gasteiger partial charge in [-0.15, -0.1) is 0 Å². The van der Waals surface area contributed by atoms with Crippen LogP contribution in [0.3, 0.4) is 0 Å². The summed E-state index contributed by atoms with van der Waals surface area (Å²) in [7, 11) is 0. The fraction of sp³-hybridized carbons (Fsp3) is 0.105. The number of hydrazone groups is 1. The number of hydrogen-bond acceptors (Lipinski definition) is 4. The lowest BCUT2D eigenvalue weighted by molar-refractivity contribution is -0.114. The molecule has 5 nitrogen and oxygen atoms in total. The number of halogens is 1. The summed E-state index contributed by atoms with van der Waals surface area (Å²) >= 11 is 0. The van der Waals surface area contributed by atoms with Crippen LogP contribution < -0.4 is 5.43 Å². The number of carbonyl (C=O) groups is 2. The second-order valence-corrected chi connectivity index (χ2v) is 5.69. The third-order valence-electron chi connectivity index (χ3n) is 3.93. The van der Waals surface area contributed by atoms with Gasteiger partial charge in [0.2, 0.25) is 0 Å². The Morgan fingerprint density at radius 1 is 1.20 bits per heavy atom. The summed E-state index contributed by atoms with van der Waals surface area (Å²) in [6, 6.07) is 10.4. The van der Waals surface area contributed by atoms with E-state index in [1.807, 2.05) is 0 Å². The number of carboxylic acid groups (broad SMARTS) is 1. The lowest BCUT2D eigenvalue weighted by Gasteiger charge is -2.15. The lowest BCUT2D eigenvalue weighted by Crippen LogP contribution is -2.18. The van der Waals surface area contributed by atoms with Gasteiger partial charge in [0.1, 0.15) is 5.82 Å². The molecule has 1 aliphatic rings. The fourth-order valence-electron chi connectivity index (χ4n) is 2.57. The maximum atomic E-state index is 13.4. The third kappa shape index (κ3) is 3.63. The summed E-state index contributed by atoms with van der Waals surface area (Å²) in [6.45, 7) is 1.69. The number of benzene rings is 2. The van der Waals surface area contributed by atoms with Crippen molar-refractivity contribution in [3.63, 3.8) is 0 Å². The first kappa shape index (κ1) is 16.6. The van der Waals surface area contributed by atoms with Gasteiger partial charge in [0, 0.05) is 12.0 Å². The molecule has 0 bridgehead atoms. The Balaban J connectivity index is 1.81. The Kier molecular flexibility index (Phi) is 4.43. The molecule has 0 saturated carbocycles. The molecule has 6 heteroatoms. The van der Waals surface area contributed by atoms with Crippen molar-refractivity contribution in [3.05, 3.63) is 70.5 Å². The Bertz CT molecular complexity index is 915. The number of nitrogens with zero attached hydrogens (tertiary/aromatic N) is 1.